The van der Waals surface area contributed by atoms with E-state index in [4.69, 9.17) is 0 Å². The molecule has 71 valence electrons. The first-order valence-electron chi connectivity index (χ1n) is 4.93. The van der Waals surface area contributed by atoms with Crippen molar-refractivity contribution in [1.82, 2.24) is 0 Å². The van der Waals surface area contributed by atoms with Crippen molar-refractivity contribution in [2.45, 2.75) is 58.2 Å². The highest BCUT2D eigenvalue weighted by molar-refractivity contribution is 6.86. The normalized spacial score (nSPS) is 13.1. The third kappa shape index (κ3) is 1.82. The van der Waals surface area contributed by atoms with Crippen LogP contribution in [0.1, 0.15) is 41.5 Å². The van der Waals surface area contributed by atoms with Crippen molar-refractivity contribution in [3.05, 3.63) is 12.3 Å². The van der Waals surface area contributed by atoms with Crippen LogP contribution >= 0.6 is 0 Å². The highest BCUT2D eigenvalue weighted by atomic mass is 28.3. The Bertz CT molecular complexity index is 123. The van der Waals surface area contributed by atoms with Gasteiger partial charge in [-0.2, -0.15) is 0 Å². The van der Waals surface area contributed by atoms with Crippen LogP contribution in [0.5, 0.6) is 0 Å². The predicted octanol–water partition coefficient (Wildman–Crippen LogP) is 4.19. The van der Waals surface area contributed by atoms with Gasteiger partial charge in [-0.25, -0.2) is 0 Å². The maximum absolute atomic E-state index is 3.93. The van der Waals surface area contributed by atoms with Crippen LogP contribution in [0.2, 0.25) is 16.6 Å². The molecule has 0 heterocycles. The monoisotopic (exact) mass is 183 g/mol. The molecule has 0 aromatic heterocycles. The minimum absolute atomic E-state index is 0.759. The van der Waals surface area contributed by atoms with Crippen LogP contribution < -0.4 is 0 Å². The molecule has 0 atom stereocenters. The predicted molar refractivity (Wildman–Crippen MR) is 59.9 cm³/mol. The Morgan fingerprint density at radius 2 is 1.08 bits per heavy atom. The molecule has 0 saturated heterocycles. The van der Waals surface area contributed by atoms with E-state index in [9.17, 15) is 0 Å². The van der Waals surface area contributed by atoms with E-state index in [1.807, 2.05) is 0 Å². The van der Waals surface area contributed by atoms with Gasteiger partial charge >= 0.3 is 0 Å². The zero-order valence-corrected chi connectivity index (χ0v) is 10.4. The maximum Gasteiger partial charge on any atom is 0.0932 e. The van der Waals surface area contributed by atoms with Crippen LogP contribution in [0, 0.1) is 5.70 Å². The average Bonchev–Trinajstić information content (AvgIpc) is 1.86. The van der Waals surface area contributed by atoms with E-state index >= 15 is 0 Å². The Balaban J connectivity index is 4.89. The molecule has 12 heavy (non-hydrogen) atoms. The largest absolute Gasteiger partial charge is 0.0999 e. The second-order valence-electron chi connectivity index (χ2n) is 4.57. The molecule has 0 aliphatic carbocycles. The summed E-state index contributed by atoms with van der Waals surface area (Å²) in [5, 5.41) is 0. The Morgan fingerprint density at radius 1 is 0.833 bits per heavy atom. The molecule has 0 nitrogen and oxygen atoms in total. The van der Waals surface area contributed by atoms with Crippen molar-refractivity contribution in [2.75, 3.05) is 0 Å². The molecule has 1 radical (unpaired) electrons. The Kier molecular flexibility index (Phi) is 4.25. The summed E-state index contributed by atoms with van der Waals surface area (Å²) in [6.07, 6.45) is 0. The summed E-state index contributed by atoms with van der Waals surface area (Å²) in [4.78, 5) is 0. The molecular weight excluding hydrogens is 160 g/mol. The Labute approximate surface area is 79.1 Å². The van der Waals surface area contributed by atoms with Crippen LogP contribution in [0.15, 0.2) is 6.58 Å². The molecule has 0 unspecified atom stereocenters. The molecule has 1 heteroatoms. The molecule has 0 spiro atoms. The van der Waals surface area contributed by atoms with E-state index in [1.165, 1.54) is 0 Å². The molecule has 0 aromatic carbocycles. The first-order valence-corrected chi connectivity index (χ1v) is 7.17. The fraction of sp³-hybridized carbons (Fsp3) is 0.818. The molecule has 0 rings (SSSR count). The maximum atomic E-state index is 3.93. The number of rotatable bonds is 4. The van der Waals surface area contributed by atoms with Crippen molar-refractivity contribution in [2.24, 2.45) is 0 Å². The standard InChI is InChI=1S/C11H23Si/c1-8-12(9(2)3,10(4)5)11(6)7/h9-11H,1H2,2-7H3. The van der Waals surface area contributed by atoms with Crippen molar-refractivity contribution in [3.63, 3.8) is 0 Å². The molecule has 0 saturated carbocycles. The molecule has 0 aliphatic rings. The van der Waals surface area contributed by atoms with Crippen LogP contribution in [0.4, 0.5) is 0 Å². The fourth-order valence-electron chi connectivity index (χ4n) is 2.61. The van der Waals surface area contributed by atoms with Crippen LogP contribution in [0.25, 0.3) is 0 Å². The van der Waals surface area contributed by atoms with Gasteiger partial charge < -0.3 is 0 Å². The minimum atomic E-state index is -1.36. The first-order chi connectivity index (χ1) is 5.39. The Morgan fingerprint density at radius 3 is 1.08 bits per heavy atom. The van der Waals surface area contributed by atoms with E-state index < -0.39 is 8.07 Å². The third-order valence-electron chi connectivity index (χ3n) is 3.17. The van der Waals surface area contributed by atoms with Gasteiger partial charge in [0.25, 0.3) is 0 Å². The molecule has 0 aromatic rings. The van der Waals surface area contributed by atoms with Gasteiger partial charge in [0, 0.05) is 0 Å². The lowest BCUT2D eigenvalue weighted by molar-refractivity contribution is 0.830. The smallest absolute Gasteiger partial charge is 0.0932 e. The van der Waals surface area contributed by atoms with Gasteiger partial charge in [-0.15, -0.1) is 0 Å². The zero-order chi connectivity index (χ0) is 9.94. The third-order valence-corrected chi connectivity index (χ3v) is 9.52. The van der Waals surface area contributed by atoms with Crippen LogP contribution in [-0.2, 0) is 0 Å². The highest BCUT2D eigenvalue weighted by Crippen LogP contribution is 2.41. The topological polar surface area (TPSA) is 0 Å². The summed E-state index contributed by atoms with van der Waals surface area (Å²) in [5.41, 5.74) is 5.68. The summed E-state index contributed by atoms with van der Waals surface area (Å²) < 4.78 is 0. The summed E-state index contributed by atoms with van der Waals surface area (Å²) in [6.45, 7) is 17.9. The average molecular weight is 183 g/mol. The van der Waals surface area contributed by atoms with E-state index in [-0.39, 0.29) is 0 Å². The molecule has 0 amide bonds. The second-order valence-corrected chi connectivity index (χ2v) is 10.3. The molecule has 0 fully saturated rings. The quantitative estimate of drug-likeness (QED) is 0.573. The van der Waals surface area contributed by atoms with Gasteiger partial charge in [-0.05, 0) is 16.6 Å². The fourth-order valence-corrected chi connectivity index (χ4v) is 7.84. The molecular formula is C11H23Si. The second kappa shape index (κ2) is 4.27. The summed E-state index contributed by atoms with van der Waals surface area (Å²) in [6, 6.07) is 0. The van der Waals surface area contributed by atoms with E-state index in [1.54, 1.807) is 0 Å². The van der Waals surface area contributed by atoms with Gasteiger partial charge in [0.1, 0.15) is 0 Å². The molecule has 0 aliphatic heterocycles. The van der Waals surface area contributed by atoms with Crippen LogP contribution in [0.3, 0.4) is 0 Å². The van der Waals surface area contributed by atoms with Gasteiger partial charge in [0.2, 0.25) is 0 Å². The lowest BCUT2D eigenvalue weighted by Crippen LogP contribution is -2.42. The van der Waals surface area contributed by atoms with Gasteiger partial charge in [0.05, 0.1) is 8.07 Å². The summed E-state index contributed by atoms with van der Waals surface area (Å²) in [5.74, 6) is 0. The van der Waals surface area contributed by atoms with E-state index in [0.717, 1.165) is 16.6 Å². The van der Waals surface area contributed by atoms with Crippen LogP contribution in [-0.4, -0.2) is 8.07 Å². The number of hydrogen-bond donors (Lipinski definition) is 0. The SMILES string of the molecule is C=[C][Si](C(C)C)(C(C)C)C(C)C. The van der Waals surface area contributed by atoms with Gasteiger partial charge in [0.15, 0.2) is 0 Å². The van der Waals surface area contributed by atoms with Crippen molar-refractivity contribution in [1.29, 1.82) is 0 Å². The number of hydrogen-bond acceptors (Lipinski definition) is 0. The lowest BCUT2D eigenvalue weighted by Gasteiger charge is -2.39. The Hall–Kier alpha value is -0.0431. The van der Waals surface area contributed by atoms with Crippen molar-refractivity contribution < 1.29 is 0 Å². The van der Waals surface area contributed by atoms with Gasteiger partial charge in [-0.1, -0.05) is 53.8 Å². The van der Waals surface area contributed by atoms with Crippen molar-refractivity contribution in [3.8, 4) is 0 Å². The van der Waals surface area contributed by atoms with E-state index in [0.29, 0.717) is 0 Å². The minimum Gasteiger partial charge on any atom is -0.0999 e. The first kappa shape index (κ1) is 12.0. The van der Waals surface area contributed by atoms with Crippen molar-refractivity contribution >= 4 is 8.07 Å². The lowest BCUT2D eigenvalue weighted by atomic mass is 10.5. The highest BCUT2D eigenvalue weighted by Gasteiger charge is 2.39. The summed E-state index contributed by atoms with van der Waals surface area (Å²) >= 11 is 0. The van der Waals surface area contributed by atoms with Gasteiger partial charge in [-0.3, -0.25) is 0 Å². The van der Waals surface area contributed by atoms with E-state index in [2.05, 4.69) is 53.8 Å². The molecule has 0 N–H and O–H groups in total. The summed E-state index contributed by atoms with van der Waals surface area (Å²) in [7, 11) is -1.36. The zero-order valence-electron chi connectivity index (χ0n) is 9.44. The molecule has 0 bridgehead atoms.